The van der Waals surface area contributed by atoms with Gasteiger partial charge in [0.15, 0.2) is 11.5 Å². The minimum absolute atomic E-state index is 0.140. The van der Waals surface area contributed by atoms with Crippen molar-refractivity contribution in [3.8, 4) is 11.5 Å². The molecule has 0 unspecified atom stereocenters. The number of amides is 3. The van der Waals surface area contributed by atoms with Crippen LogP contribution in [0.25, 0.3) is 0 Å². The zero-order valence-corrected chi connectivity index (χ0v) is 16.1. The SMILES string of the molecule is COc1ccc([C@H]2[C@H](CO)OCCN2C(=O)CNC(=O)N(C)C)cc1OC. The highest BCUT2D eigenvalue weighted by Crippen LogP contribution is 2.35. The van der Waals surface area contributed by atoms with E-state index in [1.807, 2.05) is 6.07 Å². The number of ether oxygens (including phenoxy) is 3. The van der Waals surface area contributed by atoms with Crippen LogP contribution < -0.4 is 14.8 Å². The number of nitrogens with one attached hydrogen (secondary N) is 1. The Morgan fingerprint density at radius 3 is 2.59 bits per heavy atom. The number of urea groups is 1. The lowest BCUT2D eigenvalue weighted by Gasteiger charge is -2.41. The number of aliphatic hydroxyl groups excluding tert-OH is 1. The molecule has 0 radical (unpaired) electrons. The summed E-state index contributed by atoms with van der Waals surface area (Å²) in [6.07, 6.45) is -0.578. The van der Waals surface area contributed by atoms with E-state index in [0.717, 1.165) is 5.56 Å². The molecular formula is C18H27N3O6. The quantitative estimate of drug-likeness (QED) is 0.732. The average Bonchev–Trinajstić information content (AvgIpc) is 2.70. The van der Waals surface area contributed by atoms with Crippen LogP contribution in [0.2, 0.25) is 0 Å². The van der Waals surface area contributed by atoms with Crippen molar-refractivity contribution < 1.29 is 28.9 Å². The summed E-state index contributed by atoms with van der Waals surface area (Å²) in [5, 5.41) is 12.3. The summed E-state index contributed by atoms with van der Waals surface area (Å²) in [5.74, 6) is 0.826. The highest BCUT2D eigenvalue weighted by Gasteiger charge is 2.36. The molecule has 1 saturated heterocycles. The van der Waals surface area contributed by atoms with E-state index >= 15 is 0 Å². The van der Waals surface area contributed by atoms with Crippen LogP contribution >= 0.6 is 0 Å². The topological polar surface area (TPSA) is 101 Å². The second-order valence-electron chi connectivity index (χ2n) is 6.29. The van der Waals surface area contributed by atoms with Crippen molar-refractivity contribution >= 4 is 11.9 Å². The molecule has 1 aromatic carbocycles. The maximum Gasteiger partial charge on any atom is 0.317 e. The number of carbonyl (C=O) groups excluding carboxylic acids is 2. The molecule has 150 valence electrons. The highest BCUT2D eigenvalue weighted by molar-refractivity contribution is 5.84. The summed E-state index contributed by atoms with van der Waals surface area (Å²) in [6, 6.07) is 4.46. The highest BCUT2D eigenvalue weighted by atomic mass is 16.5. The van der Waals surface area contributed by atoms with Crippen LogP contribution in [-0.4, -0.2) is 87.6 Å². The summed E-state index contributed by atoms with van der Waals surface area (Å²) in [6.45, 7) is 0.278. The molecule has 3 amide bonds. The fourth-order valence-electron chi connectivity index (χ4n) is 3.01. The summed E-state index contributed by atoms with van der Waals surface area (Å²) >= 11 is 0. The predicted octanol–water partition coefficient (Wildman–Crippen LogP) is 0.236. The molecule has 1 fully saturated rings. The van der Waals surface area contributed by atoms with Gasteiger partial charge in [-0.15, -0.1) is 0 Å². The monoisotopic (exact) mass is 381 g/mol. The Labute approximate surface area is 158 Å². The summed E-state index contributed by atoms with van der Waals surface area (Å²) in [7, 11) is 6.27. The third-order valence-corrected chi connectivity index (χ3v) is 4.40. The van der Waals surface area contributed by atoms with Gasteiger partial charge in [0.1, 0.15) is 6.10 Å². The number of hydrogen-bond donors (Lipinski definition) is 2. The molecule has 0 bridgehead atoms. The largest absolute Gasteiger partial charge is 0.493 e. The number of nitrogens with zero attached hydrogens (tertiary/aromatic N) is 2. The molecule has 0 aromatic heterocycles. The second kappa shape index (κ2) is 9.43. The van der Waals surface area contributed by atoms with Gasteiger partial charge in [-0.3, -0.25) is 4.79 Å². The number of benzene rings is 1. The molecular weight excluding hydrogens is 354 g/mol. The smallest absolute Gasteiger partial charge is 0.317 e. The first-order valence-corrected chi connectivity index (χ1v) is 8.62. The fourth-order valence-corrected chi connectivity index (χ4v) is 3.01. The van der Waals surface area contributed by atoms with Gasteiger partial charge >= 0.3 is 6.03 Å². The van der Waals surface area contributed by atoms with Crippen LogP contribution in [0.1, 0.15) is 11.6 Å². The number of aliphatic hydroxyl groups is 1. The molecule has 1 aliphatic heterocycles. The van der Waals surface area contributed by atoms with E-state index in [-0.39, 0.29) is 25.1 Å². The lowest BCUT2D eigenvalue weighted by Crippen LogP contribution is -2.52. The van der Waals surface area contributed by atoms with Gasteiger partial charge < -0.3 is 34.4 Å². The van der Waals surface area contributed by atoms with E-state index in [0.29, 0.717) is 24.7 Å². The summed E-state index contributed by atoms with van der Waals surface area (Å²) in [4.78, 5) is 27.4. The van der Waals surface area contributed by atoms with Crippen LogP contribution in [0, 0.1) is 0 Å². The first kappa shape index (κ1) is 20.8. The van der Waals surface area contributed by atoms with Crippen LogP contribution in [-0.2, 0) is 9.53 Å². The zero-order valence-electron chi connectivity index (χ0n) is 16.1. The van der Waals surface area contributed by atoms with Gasteiger partial charge in [-0.2, -0.15) is 0 Å². The van der Waals surface area contributed by atoms with Crippen LogP contribution in [0.3, 0.4) is 0 Å². The Balaban J connectivity index is 2.27. The van der Waals surface area contributed by atoms with Gasteiger partial charge in [-0.25, -0.2) is 4.79 Å². The molecule has 2 N–H and O–H groups in total. The van der Waals surface area contributed by atoms with Gasteiger partial charge in [0, 0.05) is 20.6 Å². The maximum absolute atomic E-state index is 12.7. The molecule has 2 rings (SSSR count). The third-order valence-electron chi connectivity index (χ3n) is 4.40. The van der Waals surface area contributed by atoms with Crippen molar-refractivity contribution in [3.05, 3.63) is 23.8 Å². The molecule has 1 heterocycles. The van der Waals surface area contributed by atoms with Crippen molar-refractivity contribution in [2.75, 3.05) is 54.6 Å². The van der Waals surface area contributed by atoms with Gasteiger partial charge in [0.2, 0.25) is 5.91 Å². The van der Waals surface area contributed by atoms with Crippen molar-refractivity contribution in [3.63, 3.8) is 0 Å². The minimum Gasteiger partial charge on any atom is -0.493 e. The van der Waals surface area contributed by atoms with Crippen molar-refractivity contribution in [1.29, 1.82) is 0 Å². The third kappa shape index (κ3) is 4.81. The number of rotatable bonds is 6. The number of hydrogen-bond acceptors (Lipinski definition) is 6. The summed E-state index contributed by atoms with van der Waals surface area (Å²) in [5.41, 5.74) is 0.749. The molecule has 0 spiro atoms. The maximum atomic E-state index is 12.7. The van der Waals surface area contributed by atoms with Crippen LogP contribution in [0.5, 0.6) is 11.5 Å². The number of carbonyl (C=O) groups is 2. The van der Waals surface area contributed by atoms with Crippen molar-refractivity contribution in [2.45, 2.75) is 12.1 Å². The number of morpholine rings is 1. The van der Waals surface area contributed by atoms with Gasteiger partial charge in [0.05, 0.1) is 40.0 Å². The van der Waals surface area contributed by atoms with Gasteiger partial charge in [-0.1, -0.05) is 6.07 Å². The molecule has 0 aliphatic carbocycles. The molecule has 9 heteroatoms. The van der Waals surface area contributed by atoms with E-state index in [1.54, 1.807) is 38.2 Å². The summed E-state index contributed by atoms with van der Waals surface area (Å²) < 4.78 is 16.3. The first-order valence-electron chi connectivity index (χ1n) is 8.62. The van der Waals surface area contributed by atoms with Crippen molar-refractivity contribution in [1.82, 2.24) is 15.1 Å². The first-order chi connectivity index (χ1) is 12.9. The molecule has 27 heavy (non-hydrogen) atoms. The lowest BCUT2D eigenvalue weighted by atomic mass is 9.97. The van der Waals surface area contributed by atoms with E-state index in [1.165, 1.54) is 12.0 Å². The van der Waals surface area contributed by atoms with E-state index in [2.05, 4.69) is 5.32 Å². The Hall–Kier alpha value is -2.52. The van der Waals surface area contributed by atoms with E-state index < -0.39 is 12.1 Å². The molecule has 2 atom stereocenters. The van der Waals surface area contributed by atoms with Gasteiger partial charge in [0.25, 0.3) is 0 Å². The average molecular weight is 381 g/mol. The number of methoxy groups -OCH3 is 2. The van der Waals surface area contributed by atoms with E-state index in [9.17, 15) is 14.7 Å². The van der Waals surface area contributed by atoms with Crippen LogP contribution in [0.4, 0.5) is 4.79 Å². The molecule has 1 aliphatic rings. The normalized spacial score (nSPS) is 19.4. The van der Waals surface area contributed by atoms with Crippen LogP contribution in [0.15, 0.2) is 18.2 Å². The standard InChI is InChI=1S/C18H27N3O6/c1-20(2)18(24)19-10-16(23)21-7-8-27-15(11-22)17(21)12-5-6-13(25-3)14(9-12)26-4/h5-6,9,15,17,22H,7-8,10-11H2,1-4H3,(H,19,24)/t15-,17-/m0/s1. The van der Waals surface area contributed by atoms with Gasteiger partial charge in [-0.05, 0) is 17.7 Å². The molecule has 0 saturated carbocycles. The molecule has 1 aromatic rings. The second-order valence-corrected chi connectivity index (χ2v) is 6.29. The Morgan fingerprint density at radius 1 is 1.30 bits per heavy atom. The Bertz CT molecular complexity index is 666. The van der Waals surface area contributed by atoms with Crippen molar-refractivity contribution in [2.24, 2.45) is 0 Å². The molecule has 9 nitrogen and oxygen atoms in total. The Morgan fingerprint density at radius 2 is 2.00 bits per heavy atom. The zero-order chi connectivity index (χ0) is 20.0. The van der Waals surface area contributed by atoms with E-state index in [4.69, 9.17) is 14.2 Å². The fraction of sp³-hybridized carbons (Fsp3) is 0.556. The minimum atomic E-state index is -0.578. The predicted molar refractivity (Wildman–Crippen MR) is 97.9 cm³/mol. The lowest BCUT2D eigenvalue weighted by molar-refractivity contribution is -0.148. The Kier molecular flexibility index (Phi) is 7.26.